The van der Waals surface area contributed by atoms with E-state index in [0.29, 0.717) is 29.5 Å². The molecule has 3 aromatic carbocycles. The molecular formula is C31H36F2N2O7. The van der Waals surface area contributed by atoms with E-state index in [2.05, 4.69) is 5.32 Å². The van der Waals surface area contributed by atoms with E-state index < -0.39 is 30.6 Å². The quantitative estimate of drug-likeness (QED) is 0.184. The number of carbonyl (C=O) groups is 2. The van der Waals surface area contributed by atoms with Crippen LogP contribution < -0.4 is 14.8 Å². The Balaban J connectivity index is 1.55. The molecule has 0 radical (unpaired) electrons. The molecule has 0 aliphatic carbocycles. The second kappa shape index (κ2) is 16.3. The summed E-state index contributed by atoms with van der Waals surface area (Å²) in [7, 11) is 0. The summed E-state index contributed by atoms with van der Waals surface area (Å²) in [4.78, 5) is 25.8. The number of carboxylic acid groups (broad SMARTS) is 1. The van der Waals surface area contributed by atoms with Gasteiger partial charge in [0.15, 0.2) is 6.10 Å². The topological polar surface area (TPSA) is 107 Å². The maximum absolute atomic E-state index is 13.1. The number of halogens is 2. The smallest absolute Gasteiger partial charge is 0.333 e. The molecule has 0 bridgehead atoms. The third-order valence-corrected chi connectivity index (χ3v) is 5.85. The van der Waals surface area contributed by atoms with E-state index >= 15 is 0 Å². The fourth-order valence-corrected chi connectivity index (χ4v) is 3.80. The zero-order valence-electron chi connectivity index (χ0n) is 23.6. The summed E-state index contributed by atoms with van der Waals surface area (Å²) in [6, 6.07) is 22.6. The molecule has 0 spiro atoms. The first-order valence-corrected chi connectivity index (χ1v) is 13.5. The molecule has 0 aliphatic heterocycles. The summed E-state index contributed by atoms with van der Waals surface area (Å²) in [6.07, 6.45) is -0.718. The van der Waals surface area contributed by atoms with Crippen molar-refractivity contribution in [1.82, 2.24) is 4.90 Å². The van der Waals surface area contributed by atoms with E-state index in [1.165, 1.54) is 4.90 Å². The van der Waals surface area contributed by atoms with Crippen LogP contribution in [0.4, 0.5) is 19.3 Å². The van der Waals surface area contributed by atoms with E-state index in [9.17, 15) is 23.5 Å². The van der Waals surface area contributed by atoms with Crippen molar-refractivity contribution in [3.63, 3.8) is 0 Å². The second-order valence-electron chi connectivity index (χ2n) is 9.46. The van der Waals surface area contributed by atoms with Crippen molar-refractivity contribution in [1.29, 1.82) is 0 Å². The zero-order valence-corrected chi connectivity index (χ0v) is 23.6. The molecule has 3 rings (SSSR count). The predicted molar refractivity (Wildman–Crippen MR) is 154 cm³/mol. The van der Waals surface area contributed by atoms with Gasteiger partial charge in [-0.15, -0.1) is 0 Å². The molecule has 42 heavy (non-hydrogen) atoms. The van der Waals surface area contributed by atoms with Gasteiger partial charge < -0.3 is 34.3 Å². The van der Waals surface area contributed by atoms with Crippen molar-refractivity contribution < 1.29 is 42.4 Å². The average molecular weight is 587 g/mol. The van der Waals surface area contributed by atoms with Crippen molar-refractivity contribution in [2.45, 2.75) is 32.3 Å². The molecule has 3 aromatic rings. The van der Waals surface area contributed by atoms with Gasteiger partial charge in [0.25, 0.3) is 5.92 Å². The maximum atomic E-state index is 13.1. The lowest BCUT2D eigenvalue weighted by Crippen LogP contribution is -2.40. The van der Waals surface area contributed by atoms with Crippen LogP contribution in [0.3, 0.4) is 0 Å². The molecule has 1 atom stereocenters. The molecule has 0 fully saturated rings. The standard InChI is InChI=1S/C31H36F2N2O7/c1-3-40-28(29(36)37)21-23-9-13-25(14-10-23)41-20-18-35(17-19-39-22-31(2,32)33)30(38)34-24-11-15-27(16-12-24)42-26-7-5-4-6-8-26/h4-16,28H,3,17-22H2,1-2H3,(H,34,38)(H,36,37). The summed E-state index contributed by atoms with van der Waals surface area (Å²) in [6.45, 7) is 2.30. The number of urea groups is 1. The van der Waals surface area contributed by atoms with Gasteiger partial charge in [-0.1, -0.05) is 30.3 Å². The Labute approximate surface area is 244 Å². The number of nitrogens with zero attached hydrogens (tertiary/aromatic N) is 1. The Hall–Kier alpha value is -4.22. The third kappa shape index (κ3) is 11.7. The van der Waals surface area contributed by atoms with Crippen molar-refractivity contribution in [2.24, 2.45) is 0 Å². The first-order chi connectivity index (χ1) is 20.1. The van der Waals surface area contributed by atoms with Crippen LogP contribution in [0.2, 0.25) is 0 Å². The minimum absolute atomic E-state index is 0.0629. The molecule has 0 heterocycles. The Morgan fingerprint density at radius 1 is 0.905 bits per heavy atom. The largest absolute Gasteiger partial charge is 0.492 e. The summed E-state index contributed by atoms with van der Waals surface area (Å²) < 4.78 is 48.2. The SMILES string of the molecule is CCOC(Cc1ccc(OCCN(CCOCC(C)(F)F)C(=O)Nc2ccc(Oc3ccccc3)cc2)cc1)C(=O)O. The number of hydrogen-bond acceptors (Lipinski definition) is 6. The molecule has 0 saturated carbocycles. The maximum Gasteiger partial charge on any atom is 0.333 e. The number of alkyl halides is 2. The second-order valence-corrected chi connectivity index (χ2v) is 9.46. The van der Waals surface area contributed by atoms with Crippen LogP contribution in [0.5, 0.6) is 17.2 Å². The molecule has 0 aromatic heterocycles. The van der Waals surface area contributed by atoms with Crippen molar-refractivity contribution in [3.05, 3.63) is 84.4 Å². The molecule has 2 N–H and O–H groups in total. The van der Waals surface area contributed by atoms with Crippen molar-refractivity contribution >= 4 is 17.7 Å². The van der Waals surface area contributed by atoms with E-state index in [4.69, 9.17) is 18.9 Å². The van der Waals surface area contributed by atoms with E-state index in [0.717, 1.165) is 12.5 Å². The normalized spacial score (nSPS) is 11.9. The van der Waals surface area contributed by atoms with Crippen molar-refractivity contribution in [3.8, 4) is 17.2 Å². The Morgan fingerprint density at radius 2 is 1.52 bits per heavy atom. The highest BCUT2D eigenvalue weighted by atomic mass is 19.3. The minimum Gasteiger partial charge on any atom is -0.492 e. The number of rotatable bonds is 17. The van der Waals surface area contributed by atoms with Gasteiger partial charge in [-0.05, 0) is 61.0 Å². The first-order valence-electron chi connectivity index (χ1n) is 13.5. The molecule has 226 valence electrons. The van der Waals surface area contributed by atoms with Crippen LogP contribution in [0.1, 0.15) is 19.4 Å². The van der Waals surface area contributed by atoms with Crippen LogP contribution in [0.25, 0.3) is 0 Å². The van der Waals surface area contributed by atoms with Crippen LogP contribution in [0.15, 0.2) is 78.9 Å². The number of hydrogen-bond donors (Lipinski definition) is 2. The summed E-state index contributed by atoms with van der Waals surface area (Å²) in [5.41, 5.74) is 1.30. The highest BCUT2D eigenvalue weighted by Crippen LogP contribution is 2.23. The summed E-state index contributed by atoms with van der Waals surface area (Å²) in [5, 5.41) is 12.1. The Morgan fingerprint density at radius 3 is 2.14 bits per heavy atom. The third-order valence-electron chi connectivity index (χ3n) is 5.85. The number of nitrogens with one attached hydrogen (secondary N) is 1. The highest BCUT2D eigenvalue weighted by Gasteiger charge is 2.22. The number of para-hydroxylation sites is 1. The molecule has 9 nitrogen and oxygen atoms in total. The molecule has 0 aliphatic rings. The number of ether oxygens (including phenoxy) is 4. The lowest BCUT2D eigenvalue weighted by molar-refractivity contribution is -0.149. The lowest BCUT2D eigenvalue weighted by atomic mass is 10.1. The Kier molecular flexibility index (Phi) is 12.5. The van der Waals surface area contributed by atoms with Gasteiger partial charge in [0.1, 0.15) is 30.5 Å². The minimum atomic E-state index is -2.97. The van der Waals surface area contributed by atoms with E-state index in [-0.39, 0.29) is 32.7 Å². The number of carboxylic acids is 1. The number of aliphatic carboxylic acids is 1. The van der Waals surface area contributed by atoms with E-state index in [1.54, 1.807) is 55.5 Å². The molecule has 1 unspecified atom stereocenters. The molecule has 2 amide bonds. The van der Waals surface area contributed by atoms with E-state index in [1.807, 2.05) is 30.3 Å². The Bertz CT molecular complexity index is 1240. The fraction of sp³-hybridized carbons (Fsp3) is 0.355. The molecule has 11 heteroatoms. The summed E-state index contributed by atoms with van der Waals surface area (Å²) in [5.74, 6) is -2.20. The van der Waals surface area contributed by atoms with Crippen LogP contribution in [-0.4, -0.2) is 73.6 Å². The lowest BCUT2D eigenvalue weighted by Gasteiger charge is -2.24. The zero-order chi connectivity index (χ0) is 30.4. The van der Waals surface area contributed by atoms with Gasteiger partial charge in [0, 0.05) is 32.2 Å². The van der Waals surface area contributed by atoms with Gasteiger partial charge >= 0.3 is 12.0 Å². The molecule has 0 saturated heterocycles. The van der Waals surface area contributed by atoms with Gasteiger partial charge in [0.05, 0.1) is 13.2 Å². The monoisotopic (exact) mass is 586 g/mol. The molecular weight excluding hydrogens is 550 g/mol. The van der Waals surface area contributed by atoms with Crippen molar-refractivity contribution in [2.75, 3.05) is 44.8 Å². The number of amides is 2. The van der Waals surface area contributed by atoms with Gasteiger partial charge in [-0.25, -0.2) is 18.4 Å². The van der Waals surface area contributed by atoms with Crippen LogP contribution in [-0.2, 0) is 20.7 Å². The van der Waals surface area contributed by atoms with Crippen LogP contribution >= 0.6 is 0 Å². The van der Waals surface area contributed by atoms with Crippen LogP contribution in [0, 0.1) is 0 Å². The van der Waals surface area contributed by atoms with Gasteiger partial charge in [-0.3, -0.25) is 0 Å². The predicted octanol–water partition coefficient (Wildman–Crippen LogP) is 6.10. The number of anilines is 1. The van der Waals surface area contributed by atoms with Gasteiger partial charge in [-0.2, -0.15) is 0 Å². The summed E-state index contributed by atoms with van der Waals surface area (Å²) >= 11 is 0. The number of carbonyl (C=O) groups excluding carboxylic acids is 1. The average Bonchev–Trinajstić information content (AvgIpc) is 2.96. The first kappa shape index (κ1) is 32.3. The highest BCUT2D eigenvalue weighted by molar-refractivity contribution is 5.89. The number of benzene rings is 3. The fourth-order valence-electron chi connectivity index (χ4n) is 3.80. The van der Waals surface area contributed by atoms with Gasteiger partial charge in [0.2, 0.25) is 0 Å².